The molecule has 1 N–H and O–H groups in total. The van der Waals surface area contributed by atoms with Crippen LogP contribution in [0, 0.1) is 6.92 Å². The summed E-state index contributed by atoms with van der Waals surface area (Å²) in [5.41, 5.74) is 4.84. The Morgan fingerprint density at radius 3 is 2.36 bits per heavy atom. The van der Waals surface area contributed by atoms with Crippen LogP contribution in [0.2, 0.25) is 0 Å². The lowest BCUT2D eigenvalue weighted by molar-refractivity contribution is 0.215. The Labute approximate surface area is 229 Å². The fourth-order valence-corrected chi connectivity index (χ4v) is 4.10. The van der Waals surface area contributed by atoms with Crippen LogP contribution in [-0.2, 0) is 13.0 Å². The van der Waals surface area contributed by atoms with Crippen LogP contribution in [0.5, 0.6) is 11.5 Å². The summed E-state index contributed by atoms with van der Waals surface area (Å²) in [5.74, 6) is 2.12. The minimum atomic E-state index is -0.540. The molecule has 0 spiro atoms. The van der Waals surface area contributed by atoms with Crippen molar-refractivity contribution < 1.29 is 14.3 Å². The van der Waals surface area contributed by atoms with E-state index in [0.717, 1.165) is 29.2 Å². The standard InChI is InChI=1S/C33H33N3O3/c1-4-6-7-11-14-31-32(27-12-9-8-10-13-27)36(25(3)34-31)23-24-38-29-21-17-28(18-22-29)35-33(37)39-30-19-15-26(5-2)16-20-30/h4,6-22H,1,5,23-24H2,2-3H3,(H,35,37)/b7-6-,14-11+. The quantitative estimate of drug-likeness (QED) is 0.205. The van der Waals surface area contributed by atoms with Crippen LogP contribution in [-0.4, -0.2) is 22.3 Å². The fourth-order valence-electron chi connectivity index (χ4n) is 4.10. The van der Waals surface area contributed by atoms with Crippen molar-refractivity contribution in [2.75, 3.05) is 11.9 Å². The number of allylic oxidation sites excluding steroid dienone is 4. The first kappa shape index (κ1) is 27.2. The van der Waals surface area contributed by atoms with Crippen LogP contribution in [0.15, 0.2) is 110 Å². The molecule has 0 atom stereocenters. The molecule has 0 saturated heterocycles. The van der Waals surface area contributed by atoms with E-state index in [0.29, 0.717) is 30.3 Å². The van der Waals surface area contributed by atoms with Crippen molar-refractivity contribution in [2.24, 2.45) is 0 Å². The zero-order valence-corrected chi connectivity index (χ0v) is 22.3. The third kappa shape index (κ3) is 7.58. The number of hydrogen-bond acceptors (Lipinski definition) is 4. The Morgan fingerprint density at radius 1 is 0.949 bits per heavy atom. The van der Waals surface area contributed by atoms with Crippen LogP contribution in [0.3, 0.4) is 0 Å². The van der Waals surface area contributed by atoms with E-state index in [2.05, 4.69) is 35.5 Å². The maximum Gasteiger partial charge on any atom is 0.417 e. The molecule has 0 aliphatic rings. The van der Waals surface area contributed by atoms with Gasteiger partial charge in [-0.1, -0.05) is 80.3 Å². The number of hydrogen-bond donors (Lipinski definition) is 1. The molecule has 6 nitrogen and oxygen atoms in total. The molecule has 39 heavy (non-hydrogen) atoms. The van der Waals surface area contributed by atoms with E-state index in [-0.39, 0.29) is 0 Å². The number of nitrogens with one attached hydrogen (secondary N) is 1. The molecule has 0 saturated carbocycles. The highest BCUT2D eigenvalue weighted by Gasteiger charge is 2.15. The SMILES string of the molecule is C=C/C=C\C=C\c1nc(C)n(CCOc2ccc(NC(=O)Oc3ccc(CC)cc3)cc2)c1-c1ccccc1. The molecule has 1 amide bonds. The number of carbonyl (C=O) groups excluding carboxylic acids is 1. The maximum atomic E-state index is 12.2. The first-order chi connectivity index (χ1) is 19.1. The number of benzene rings is 3. The first-order valence-corrected chi connectivity index (χ1v) is 13.0. The summed E-state index contributed by atoms with van der Waals surface area (Å²) in [5, 5.41) is 2.74. The van der Waals surface area contributed by atoms with E-state index in [1.165, 1.54) is 5.56 Å². The monoisotopic (exact) mass is 519 g/mol. The van der Waals surface area contributed by atoms with Gasteiger partial charge in [-0.15, -0.1) is 0 Å². The summed E-state index contributed by atoms with van der Waals surface area (Å²) in [6.45, 7) is 8.87. The van der Waals surface area contributed by atoms with Crippen LogP contribution >= 0.6 is 0 Å². The number of carbonyl (C=O) groups is 1. The van der Waals surface area contributed by atoms with Crippen molar-refractivity contribution in [1.29, 1.82) is 0 Å². The average Bonchev–Trinajstić information content (AvgIpc) is 3.27. The Morgan fingerprint density at radius 2 is 1.67 bits per heavy atom. The second kappa shape index (κ2) is 13.6. The minimum absolute atomic E-state index is 0.457. The molecule has 3 aromatic carbocycles. The van der Waals surface area contributed by atoms with Gasteiger partial charge in [-0.2, -0.15) is 0 Å². The average molecular weight is 520 g/mol. The number of amides is 1. The van der Waals surface area contributed by atoms with Crippen LogP contribution in [0.4, 0.5) is 10.5 Å². The number of aromatic nitrogens is 2. The maximum absolute atomic E-state index is 12.2. The van der Waals surface area contributed by atoms with Crippen LogP contribution in [0.25, 0.3) is 17.3 Å². The second-order valence-electron chi connectivity index (χ2n) is 8.78. The van der Waals surface area contributed by atoms with Gasteiger partial charge in [0.2, 0.25) is 0 Å². The number of imidazole rings is 1. The summed E-state index contributed by atoms with van der Waals surface area (Å²) in [7, 11) is 0. The van der Waals surface area contributed by atoms with Gasteiger partial charge in [0.25, 0.3) is 0 Å². The number of aryl methyl sites for hydroxylation is 2. The van der Waals surface area contributed by atoms with Gasteiger partial charge in [0.05, 0.1) is 17.9 Å². The van der Waals surface area contributed by atoms with Crippen LogP contribution in [0.1, 0.15) is 24.0 Å². The Balaban J connectivity index is 1.37. The molecule has 4 rings (SSSR count). The molecule has 0 fully saturated rings. The van der Waals surface area contributed by atoms with Gasteiger partial charge in [0.1, 0.15) is 23.9 Å². The van der Waals surface area contributed by atoms with Gasteiger partial charge in [-0.3, -0.25) is 5.32 Å². The highest BCUT2D eigenvalue weighted by Crippen LogP contribution is 2.27. The first-order valence-electron chi connectivity index (χ1n) is 13.0. The summed E-state index contributed by atoms with van der Waals surface area (Å²) < 4.78 is 13.6. The van der Waals surface area contributed by atoms with Gasteiger partial charge in [-0.05, 0) is 61.4 Å². The van der Waals surface area contributed by atoms with E-state index in [1.54, 1.807) is 30.3 Å². The van der Waals surface area contributed by atoms with Crippen molar-refractivity contribution in [2.45, 2.75) is 26.8 Å². The predicted molar refractivity (Wildman–Crippen MR) is 158 cm³/mol. The van der Waals surface area contributed by atoms with Crippen molar-refractivity contribution in [3.05, 3.63) is 127 Å². The molecule has 6 heteroatoms. The zero-order valence-electron chi connectivity index (χ0n) is 22.3. The van der Waals surface area contributed by atoms with Gasteiger partial charge in [-0.25, -0.2) is 9.78 Å². The topological polar surface area (TPSA) is 65.4 Å². The summed E-state index contributed by atoms with van der Waals surface area (Å²) in [6.07, 6.45) is 9.91. The van der Waals surface area contributed by atoms with Gasteiger partial charge in [0.15, 0.2) is 0 Å². The molecule has 1 heterocycles. The lowest BCUT2D eigenvalue weighted by atomic mass is 10.1. The van der Waals surface area contributed by atoms with Gasteiger partial charge in [0, 0.05) is 11.3 Å². The van der Waals surface area contributed by atoms with Crippen molar-refractivity contribution in [3.63, 3.8) is 0 Å². The minimum Gasteiger partial charge on any atom is -0.492 e. The molecule has 0 unspecified atom stereocenters. The smallest absolute Gasteiger partial charge is 0.417 e. The third-order valence-electron chi connectivity index (χ3n) is 6.07. The molecule has 4 aromatic rings. The molecule has 0 bridgehead atoms. The normalized spacial score (nSPS) is 11.1. The molecule has 198 valence electrons. The fraction of sp³-hybridized carbons (Fsp3) is 0.152. The summed E-state index contributed by atoms with van der Waals surface area (Å²) in [4.78, 5) is 17.0. The van der Waals surface area contributed by atoms with E-state index in [4.69, 9.17) is 14.5 Å². The Hall–Kier alpha value is -4.84. The number of rotatable bonds is 11. The lowest BCUT2D eigenvalue weighted by Gasteiger charge is -2.13. The lowest BCUT2D eigenvalue weighted by Crippen LogP contribution is -2.16. The summed E-state index contributed by atoms with van der Waals surface area (Å²) >= 11 is 0. The summed E-state index contributed by atoms with van der Waals surface area (Å²) in [6, 6.07) is 24.9. The van der Waals surface area contributed by atoms with Crippen molar-refractivity contribution >= 4 is 17.9 Å². The molecular weight excluding hydrogens is 486 g/mol. The van der Waals surface area contributed by atoms with Gasteiger partial charge < -0.3 is 14.0 Å². The highest BCUT2D eigenvalue weighted by atomic mass is 16.6. The predicted octanol–water partition coefficient (Wildman–Crippen LogP) is 7.87. The molecule has 1 aromatic heterocycles. The number of ether oxygens (including phenoxy) is 2. The zero-order chi connectivity index (χ0) is 27.5. The molecule has 0 radical (unpaired) electrons. The molecular formula is C33H33N3O3. The van der Waals surface area contributed by atoms with Crippen molar-refractivity contribution in [3.8, 4) is 22.8 Å². The Kier molecular flexibility index (Phi) is 9.51. The van der Waals surface area contributed by atoms with Crippen LogP contribution < -0.4 is 14.8 Å². The Bertz CT molecular complexity index is 1430. The number of nitrogens with zero attached hydrogens (tertiary/aromatic N) is 2. The second-order valence-corrected chi connectivity index (χ2v) is 8.78. The van der Waals surface area contributed by atoms with Gasteiger partial charge >= 0.3 is 6.09 Å². The highest BCUT2D eigenvalue weighted by molar-refractivity contribution is 5.86. The van der Waals surface area contributed by atoms with E-state index in [1.807, 2.05) is 73.7 Å². The van der Waals surface area contributed by atoms with E-state index in [9.17, 15) is 4.79 Å². The van der Waals surface area contributed by atoms with E-state index >= 15 is 0 Å². The largest absolute Gasteiger partial charge is 0.492 e. The van der Waals surface area contributed by atoms with Crippen molar-refractivity contribution in [1.82, 2.24) is 9.55 Å². The molecule has 0 aliphatic heterocycles. The third-order valence-corrected chi connectivity index (χ3v) is 6.07. The van der Waals surface area contributed by atoms with E-state index < -0.39 is 6.09 Å². The number of anilines is 1. The molecule has 0 aliphatic carbocycles.